The van der Waals surface area contributed by atoms with Crippen LogP contribution in [0.2, 0.25) is 0 Å². The first-order valence-corrected chi connectivity index (χ1v) is 6.60. The zero-order chi connectivity index (χ0) is 12.1. The van der Waals surface area contributed by atoms with Gasteiger partial charge in [0, 0.05) is 17.7 Å². The van der Waals surface area contributed by atoms with Gasteiger partial charge < -0.3 is 15.7 Å². The van der Waals surface area contributed by atoms with Crippen LogP contribution >= 0.6 is 11.8 Å². The molecule has 0 spiro atoms. The van der Waals surface area contributed by atoms with Crippen LogP contribution in [0.15, 0.2) is 0 Å². The summed E-state index contributed by atoms with van der Waals surface area (Å²) in [4.78, 5) is 22.7. The third-order valence-electron chi connectivity index (χ3n) is 2.72. The van der Waals surface area contributed by atoms with Crippen LogP contribution in [0.4, 0.5) is 0 Å². The van der Waals surface area contributed by atoms with Crippen molar-refractivity contribution < 1.29 is 14.7 Å². The maximum atomic E-state index is 11.7. The van der Waals surface area contributed by atoms with Crippen LogP contribution in [-0.2, 0) is 9.59 Å². The first kappa shape index (κ1) is 13.3. The highest BCUT2D eigenvalue weighted by Gasteiger charge is 2.29. The van der Waals surface area contributed by atoms with E-state index in [2.05, 4.69) is 10.6 Å². The van der Waals surface area contributed by atoms with E-state index in [9.17, 15) is 9.59 Å². The molecule has 0 aromatic carbocycles. The van der Waals surface area contributed by atoms with Crippen LogP contribution in [0.5, 0.6) is 0 Å². The van der Waals surface area contributed by atoms with E-state index in [0.717, 1.165) is 0 Å². The van der Waals surface area contributed by atoms with E-state index in [0.29, 0.717) is 12.8 Å². The zero-order valence-corrected chi connectivity index (χ0v) is 10.3. The number of hydrogen-bond donors (Lipinski definition) is 3. The standard InChI is InChI=1S/C10H18N2O3S/c1-6(8(5-13)16-2)11-10(15)7-3-4-9(14)12-7/h6-8,13H,3-5H2,1-2H3,(H,11,15)(H,12,14)/t6?,7-,8?/m0/s1. The molecule has 1 saturated heterocycles. The molecule has 16 heavy (non-hydrogen) atoms. The molecule has 2 amide bonds. The number of nitrogens with one attached hydrogen (secondary N) is 2. The number of aliphatic hydroxyl groups is 1. The van der Waals surface area contributed by atoms with E-state index >= 15 is 0 Å². The molecular formula is C10H18N2O3S. The summed E-state index contributed by atoms with van der Waals surface area (Å²) >= 11 is 1.51. The summed E-state index contributed by atoms with van der Waals surface area (Å²) in [7, 11) is 0. The van der Waals surface area contributed by atoms with Gasteiger partial charge in [0.05, 0.1) is 6.61 Å². The Labute approximate surface area is 99.4 Å². The summed E-state index contributed by atoms with van der Waals surface area (Å²) in [5.41, 5.74) is 0. The Morgan fingerprint density at radius 2 is 2.44 bits per heavy atom. The van der Waals surface area contributed by atoms with Gasteiger partial charge >= 0.3 is 0 Å². The van der Waals surface area contributed by atoms with Crippen LogP contribution in [-0.4, -0.2) is 47.1 Å². The lowest BCUT2D eigenvalue weighted by atomic mass is 10.2. The Hall–Kier alpha value is -0.750. The lowest BCUT2D eigenvalue weighted by Gasteiger charge is -2.22. The van der Waals surface area contributed by atoms with Crippen LogP contribution in [0.3, 0.4) is 0 Å². The van der Waals surface area contributed by atoms with Crippen molar-refractivity contribution in [3.63, 3.8) is 0 Å². The van der Waals surface area contributed by atoms with Crippen molar-refractivity contribution in [3.05, 3.63) is 0 Å². The summed E-state index contributed by atoms with van der Waals surface area (Å²) in [6.07, 6.45) is 2.86. The van der Waals surface area contributed by atoms with Crippen molar-refractivity contribution in [3.8, 4) is 0 Å². The Morgan fingerprint density at radius 3 is 2.88 bits per heavy atom. The van der Waals surface area contributed by atoms with Gasteiger partial charge in [0.15, 0.2) is 0 Å². The molecule has 2 unspecified atom stereocenters. The van der Waals surface area contributed by atoms with Crippen molar-refractivity contribution in [2.75, 3.05) is 12.9 Å². The number of rotatable bonds is 5. The second-order valence-corrected chi connectivity index (χ2v) is 4.99. The SMILES string of the molecule is CSC(CO)C(C)NC(=O)[C@@H]1CCC(=O)N1. The second-order valence-electron chi connectivity index (χ2n) is 3.91. The first-order valence-electron chi connectivity index (χ1n) is 5.32. The highest BCUT2D eigenvalue weighted by molar-refractivity contribution is 7.99. The maximum Gasteiger partial charge on any atom is 0.242 e. The molecule has 6 heteroatoms. The molecule has 0 aromatic rings. The van der Waals surface area contributed by atoms with E-state index in [-0.39, 0.29) is 29.7 Å². The van der Waals surface area contributed by atoms with Gasteiger partial charge in [-0.15, -0.1) is 0 Å². The third kappa shape index (κ3) is 3.38. The Morgan fingerprint density at radius 1 is 1.75 bits per heavy atom. The van der Waals surface area contributed by atoms with E-state index in [1.54, 1.807) is 0 Å². The number of aliphatic hydroxyl groups excluding tert-OH is 1. The van der Waals surface area contributed by atoms with Gasteiger partial charge in [-0.05, 0) is 19.6 Å². The molecule has 5 nitrogen and oxygen atoms in total. The minimum absolute atomic E-state index is 0.0129. The summed E-state index contributed by atoms with van der Waals surface area (Å²) in [6, 6.07) is -0.513. The molecule has 0 radical (unpaired) electrons. The average Bonchev–Trinajstić information content (AvgIpc) is 2.66. The average molecular weight is 246 g/mol. The third-order valence-corrected chi connectivity index (χ3v) is 3.88. The fourth-order valence-electron chi connectivity index (χ4n) is 1.67. The molecule has 1 heterocycles. The van der Waals surface area contributed by atoms with Crippen molar-refractivity contribution >= 4 is 23.6 Å². The Bertz CT molecular complexity index is 269. The number of thioether (sulfide) groups is 1. The zero-order valence-electron chi connectivity index (χ0n) is 9.53. The lowest BCUT2D eigenvalue weighted by molar-refractivity contribution is -0.126. The Balaban J connectivity index is 2.41. The van der Waals surface area contributed by atoms with Gasteiger partial charge in [-0.25, -0.2) is 0 Å². The predicted molar refractivity (Wildman–Crippen MR) is 63.2 cm³/mol. The normalized spacial score (nSPS) is 23.7. The van der Waals surface area contributed by atoms with Crippen LogP contribution in [0, 0.1) is 0 Å². The van der Waals surface area contributed by atoms with Gasteiger partial charge in [-0.3, -0.25) is 9.59 Å². The van der Waals surface area contributed by atoms with Crippen LogP contribution < -0.4 is 10.6 Å². The number of amides is 2. The molecule has 92 valence electrons. The fraction of sp³-hybridized carbons (Fsp3) is 0.800. The van der Waals surface area contributed by atoms with Gasteiger partial charge in [0.1, 0.15) is 6.04 Å². The quantitative estimate of drug-likeness (QED) is 0.611. The monoisotopic (exact) mass is 246 g/mol. The van der Waals surface area contributed by atoms with E-state index < -0.39 is 6.04 Å². The fourth-order valence-corrected chi connectivity index (χ4v) is 2.29. The van der Waals surface area contributed by atoms with Gasteiger partial charge in [-0.2, -0.15) is 11.8 Å². The van der Waals surface area contributed by atoms with E-state index in [4.69, 9.17) is 5.11 Å². The summed E-state index contributed by atoms with van der Waals surface area (Å²) in [5.74, 6) is -0.234. The maximum absolute atomic E-state index is 11.7. The van der Waals surface area contributed by atoms with E-state index in [1.807, 2.05) is 13.2 Å². The van der Waals surface area contributed by atoms with Crippen molar-refractivity contribution in [1.82, 2.24) is 10.6 Å². The number of hydrogen-bond acceptors (Lipinski definition) is 4. The summed E-state index contributed by atoms with van der Waals surface area (Å²) in [5, 5.41) is 14.5. The van der Waals surface area contributed by atoms with Crippen LogP contribution in [0.1, 0.15) is 19.8 Å². The molecular weight excluding hydrogens is 228 g/mol. The predicted octanol–water partition coefficient (Wildman–Crippen LogP) is -0.506. The van der Waals surface area contributed by atoms with Gasteiger partial charge in [-0.1, -0.05) is 0 Å². The van der Waals surface area contributed by atoms with Gasteiger partial charge in [0.2, 0.25) is 11.8 Å². The topological polar surface area (TPSA) is 78.4 Å². The van der Waals surface area contributed by atoms with E-state index in [1.165, 1.54) is 11.8 Å². The lowest BCUT2D eigenvalue weighted by Crippen LogP contribution is -2.48. The molecule has 3 atom stereocenters. The number of carbonyl (C=O) groups excluding carboxylic acids is 2. The molecule has 0 aromatic heterocycles. The first-order chi connectivity index (χ1) is 7.58. The van der Waals surface area contributed by atoms with Gasteiger partial charge in [0.25, 0.3) is 0 Å². The molecule has 0 bridgehead atoms. The molecule has 1 rings (SSSR count). The molecule has 1 fully saturated rings. The van der Waals surface area contributed by atoms with Crippen molar-refractivity contribution in [2.45, 2.75) is 37.1 Å². The summed E-state index contributed by atoms with van der Waals surface area (Å²) in [6.45, 7) is 1.88. The summed E-state index contributed by atoms with van der Waals surface area (Å²) < 4.78 is 0. The number of carbonyl (C=O) groups is 2. The largest absolute Gasteiger partial charge is 0.395 e. The molecule has 3 N–H and O–H groups in total. The minimum Gasteiger partial charge on any atom is -0.395 e. The highest BCUT2D eigenvalue weighted by atomic mass is 32.2. The molecule has 1 aliphatic heterocycles. The minimum atomic E-state index is -0.406. The second kappa shape index (κ2) is 6.10. The van der Waals surface area contributed by atoms with Crippen LogP contribution in [0.25, 0.3) is 0 Å². The molecule has 1 aliphatic rings. The Kier molecular flexibility index (Phi) is 5.08. The van der Waals surface area contributed by atoms with Crippen molar-refractivity contribution in [1.29, 1.82) is 0 Å². The highest BCUT2D eigenvalue weighted by Crippen LogP contribution is 2.12. The van der Waals surface area contributed by atoms with Crippen molar-refractivity contribution in [2.24, 2.45) is 0 Å². The molecule has 0 saturated carbocycles. The smallest absolute Gasteiger partial charge is 0.242 e. The molecule has 0 aliphatic carbocycles.